The number of para-hydroxylation sites is 1. The van der Waals surface area contributed by atoms with Gasteiger partial charge in [0.05, 0.1) is 15.9 Å². The molecular weight excluding hydrogens is 234 g/mol. The Morgan fingerprint density at radius 2 is 1.88 bits per heavy atom. The Morgan fingerprint density at radius 3 is 2.71 bits per heavy atom. The Balaban J connectivity index is 2.64. The molecule has 0 fully saturated rings. The van der Waals surface area contributed by atoms with Crippen molar-refractivity contribution >= 4 is 33.4 Å². The van der Waals surface area contributed by atoms with Gasteiger partial charge in [-0.05, 0) is 36.8 Å². The number of hydrogen-bond donors (Lipinski definition) is 1. The number of aromatic nitrogens is 1. The van der Waals surface area contributed by atoms with E-state index < -0.39 is 0 Å². The highest BCUT2D eigenvalue weighted by Gasteiger charge is 2.08. The van der Waals surface area contributed by atoms with Crippen LogP contribution in [-0.2, 0) is 0 Å². The van der Waals surface area contributed by atoms with Crippen LogP contribution in [0.15, 0.2) is 41.2 Å². The van der Waals surface area contributed by atoms with Crippen LogP contribution in [0.4, 0.5) is 0 Å². The number of rotatable bonds is 0. The van der Waals surface area contributed by atoms with E-state index in [1.54, 1.807) is 0 Å². The lowest BCUT2D eigenvalue weighted by atomic mass is 10.1. The Kier molecular flexibility index (Phi) is 2.20. The van der Waals surface area contributed by atoms with E-state index in [1.165, 1.54) is 0 Å². The monoisotopic (exact) mass is 243 g/mol. The number of halogens is 1. The molecule has 0 radical (unpaired) electrons. The first kappa shape index (κ1) is 10.4. The van der Waals surface area contributed by atoms with Crippen LogP contribution in [0.5, 0.6) is 0 Å². The molecule has 0 spiro atoms. The molecule has 0 aliphatic heterocycles. The lowest BCUT2D eigenvalue weighted by Crippen LogP contribution is -2.04. The summed E-state index contributed by atoms with van der Waals surface area (Å²) in [6.07, 6.45) is 0. The summed E-state index contributed by atoms with van der Waals surface area (Å²) in [5, 5.41) is 1.74. The SMILES string of the molecule is Cc1cc(Cl)c2c(=O)c3ccccc3[nH]c2c1. The van der Waals surface area contributed by atoms with E-state index in [4.69, 9.17) is 11.6 Å². The van der Waals surface area contributed by atoms with Crippen molar-refractivity contribution in [3.05, 3.63) is 57.2 Å². The third-order valence-corrected chi connectivity index (χ3v) is 3.20. The van der Waals surface area contributed by atoms with Gasteiger partial charge in [0.15, 0.2) is 5.43 Å². The molecule has 2 aromatic carbocycles. The fourth-order valence-corrected chi connectivity index (χ4v) is 2.50. The maximum absolute atomic E-state index is 12.3. The predicted molar refractivity (Wildman–Crippen MR) is 71.8 cm³/mol. The fraction of sp³-hybridized carbons (Fsp3) is 0.0714. The largest absolute Gasteiger partial charge is 0.354 e. The number of aromatic amines is 1. The Labute approximate surface area is 103 Å². The Morgan fingerprint density at radius 1 is 1.12 bits per heavy atom. The molecule has 3 heteroatoms. The van der Waals surface area contributed by atoms with Gasteiger partial charge in [-0.25, -0.2) is 0 Å². The van der Waals surface area contributed by atoms with Gasteiger partial charge in [-0.3, -0.25) is 4.79 Å². The van der Waals surface area contributed by atoms with Crippen molar-refractivity contribution in [3.8, 4) is 0 Å². The Hall–Kier alpha value is -1.80. The molecule has 17 heavy (non-hydrogen) atoms. The van der Waals surface area contributed by atoms with Gasteiger partial charge >= 0.3 is 0 Å². The summed E-state index contributed by atoms with van der Waals surface area (Å²) in [4.78, 5) is 15.6. The molecular formula is C14H10ClNO. The molecule has 0 aliphatic rings. The molecule has 2 nitrogen and oxygen atoms in total. The van der Waals surface area contributed by atoms with Crippen molar-refractivity contribution in [2.24, 2.45) is 0 Å². The molecule has 1 aromatic heterocycles. The maximum Gasteiger partial charge on any atom is 0.198 e. The van der Waals surface area contributed by atoms with Crippen molar-refractivity contribution in [2.45, 2.75) is 6.92 Å². The van der Waals surface area contributed by atoms with E-state index in [1.807, 2.05) is 43.3 Å². The van der Waals surface area contributed by atoms with Crippen LogP contribution in [0.1, 0.15) is 5.56 Å². The molecule has 0 saturated heterocycles. The first-order chi connectivity index (χ1) is 8.16. The fourth-order valence-electron chi connectivity index (χ4n) is 2.14. The zero-order valence-corrected chi connectivity index (χ0v) is 10.0. The van der Waals surface area contributed by atoms with Gasteiger partial charge in [-0.2, -0.15) is 0 Å². The predicted octanol–water partition coefficient (Wildman–Crippen LogP) is 3.64. The number of H-pyrrole nitrogens is 1. The number of aryl methyl sites for hydroxylation is 1. The van der Waals surface area contributed by atoms with Crippen LogP contribution >= 0.6 is 11.6 Å². The standard InChI is InChI=1S/C14H10ClNO/c1-8-6-10(15)13-12(7-8)16-11-5-3-2-4-9(11)14(13)17/h2-7H,1H3,(H,16,17). The number of nitrogens with one attached hydrogen (secondary N) is 1. The minimum atomic E-state index is -0.0145. The summed E-state index contributed by atoms with van der Waals surface area (Å²) in [5.74, 6) is 0. The van der Waals surface area contributed by atoms with Crippen molar-refractivity contribution in [1.29, 1.82) is 0 Å². The quantitative estimate of drug-likeness (QED) is 0.601. The van der Waals surface area contributed by atoms with Crippen molar-refractivity contribution in [1.82, 2.24) is 4.98 Å². The van der Waals surface area contributed by atoms with E-state index >= 15 is 0 Å². The molecule has 0 unspecified atom stereocenters. The number of pyridine rings is 1. The summed E-state index contributed by atoms with van der Waals surface area (Å²) in [5.41, 5.74) is 2.65. The zero-order valence-electron chi connectivity index (χ0n) is 9.25. The van der Waals surface area contributed by atoms with Crippen LogP contribution in [0.3, 0.4) is 0 Å². The summed E-state index contributed by atoms with van der Waals surface area (Å²) < 4.78 is 0. The van der Waals surface area contributed by atoms with E-state index in [0.717, 1.165) is 16.6 Å². The number of fused-ring (bicyclic) bond motifs is 2. The summed E-state index contributed by atoms with van der Waals surface area (Å²) in [6, 6.07) is 11.2. The zero-order chi connectivity index (χ0) is 12.0. The highest BCUT2D eigenvalue weighted by Crippen LogP contribution is 2.23. The smallest absolute Gasteiger partial charge is 0.198 e. The molecule has 3 rings (SSSR count). The second-order valence-electron chi connectivity index (χ2n) is 4.17. The summed E-state index contributed by atoms with van der Waals surface area (Å²) in [7, 11) is 0. The molecule has 0 amide bonds. The van der Waals surface area contributed by atoms with Crippen LogP contribution in [0, 0.1) is 6.92 Å². The number of hydrogen-bond acceptors (Lipinski definition) is 1. The van der Waals surface area contributed by atoms with Crippen molar-refractivity contribution in [3.63, 3.8) is 0 Å². The van der Waals surface area contributed by atoms with Gasteiger partial charge in [-0.15, -0.1) is 0 Å². The van der Waals surface area contributed by atoms with Gasteiger partial charge in [0.1, 0.15) is 0 Å². The van der Waals surface area contributed by atoms with Gasteiger partial charge in [-0.1, -0.05) is 23.7 Å². The van der Waals surface area contributed by atoms with Gasteiger partial charge < -0.3 is 4.98 Å². The lowest BCUT2D eigenvalue weighted by molar-refractivity contribution is 1.43. The van der Waals surface area contributed by atoms with E-state index in [-0.39, 0.29) is 5.43 Å². The first-order valence-corrected chi connectivity index (χ1v) is 5.75. The average Bonchev–Trinajstić information content (AvgIpc) is 2.28. The van der Waals surface area contributed by atoms with Crippen LogP contribution in [0.2, 0.25) is 5.02 Å². The van der Waals surface area contributed by atoms with Crippen molar-refractivity contribution in [2.75, 3.05) is 0 Å². The number of benzene rings is 2. The van der Waals surface area contributed by atoms with Crippen LogP contribution in [-0.4, -0.2) is 4.98 Å². The third-order valence-electron chi connectivity index (χ3n) is 2.90. The Bertz CT molecular complexity index is 789. The third kappa shape index (κ3) is 1.53. The van der Waals surface area contributed by atoms with Gasteiger partial charge in [0.25, 0.3) is 0 Å². The molecule has 0 bridgehead atoms. The minimum Gasteiger partial charge on any atom is -0.354 e. The lowest BCUT2D eigenvalue weighted by Gasteiger charge is -2.05. The van der Waals surface area contributed by atoms with E-state index in [9.17, 15) is 4.79 Å². The molecule has 1 N–H and O–H groups in total. The maximum atomic E-state index is 12.3. The summed E-state index contributed by atoms with van der Waals surface area (Å²) in [6.45, 7) is 1.96. The van der Waals surface area contributed by atoms with Gasteiger partial charge in [0, 0.05) is 10.9 Å². The van der Waals surface area contributed by atoms with Crippen LogP contribution < -0.4 is 5.43 Å². The highest BCUT2D eigenvalue weighted by atomic mass is 35.5. The highest BCUT2D eigenvalue weighted by molar-refractivity contribution is 6.35. The van der Waals surface area contributed by atoms with Crippen molar-refractivity contribution < 1.29 is 0 Å². The molecule has 0 aliphatic carbocycles. The second kappa shape index (κ2) is 3.60. The van der Waals surface area contributed by atoms with E-state index in [0.29, 0.717) is 15.8 Å². The summed E-state index contributed by atoms with van der Waals surface area (Å²) >= 11 is 6.15. The topological polar surface area (TPSA) is 32.9 Å². The molecule has 1 heterocycles. The second-order valence-corrected chi connectivity index (χ2v) is 4.58. The minimum absolute atomic E-state index is 0.0145. The molecule has 0 saturated carbocycles. The molecule has 0 atom stereocenters. The average molecular weight is 244 g/mol. The van der Waals surface area contributed by atoms with Gasteiger partial charge in [0.2, 0.25) is 0 Å². The normalized spacial score (nSPS) is 11.2. The van der Waals surface area contributed by atoms with E-state index in [2.05, 4.69) is 4.98 Å². The van der Waals surface area contributed by atoms with Crippen LogP contribution in [0.25, 0.3) is 21.8 Å². The molecule has 3 aromatic rings. The first-order valence-electron chi connectivity index (χ1n) is 5.38. The molecule has 84 valence electrons.